The number of benzene rings is 1. The molecule has 4 nitrogen and oxygen atoms in total. The number of nitrogens with zero attached hydrogens (tertiary/aromatic N) is 1. The van der Waals surface area contributed by atoms with Crippen LogP contribution in [-0.4, -0.2) is 43.2 Å². The van der Waals surface area contributed by atoms with Gasteiger partial charge in [-0.15, -0.1) is 0 Å². The van der Waals surface area contributed by atoms with E-state index in [1.165, 1.54) is 5.56 Å². The van der Waals surface area contributed by atoms with Crippen LogP contribution in [0.5, 0.6) is 0 Å². The third-order valence-corrected chi connectivity index (χ3v) is 3.83. The van der Waals surface area contributed by atoms with E-state index < -0.39 is 0 Å². The number of carbonyl (C=O) groups is 1. The second-order valence-electron chi connectivity index (χ2n) is 5.21. The van der Waals surface area contributed by atoms with Crippen molar-refractivity contribution in [3.63, 3.8) is 0 Å². The van der Waals surface area contributed by atoms with E-state index >= 15 is 0 Å². The molecule has 1 aliphatic rings. The Morgan fingerprint density at radius 2 is 2.00 bits per heavy atom. The molecule has 0 aliphatic carbocycles. The molecule has 2 N–H and O–H groups in total. The predicted molar refractivity (Wildman–Crippen MR) is 75.4 cm³/mol. The lowest BCUT2D eigenvalue weighted by Gasteiger charge is -2.35. The van der Waals surface area contributed by atoms with Crippen LogP contribution >= 0.6 is 0 Å². The first-order valence-corrected chi connectivity index (χ1v) is 6.71. The number of hydrogen-bond acceptors (Lipinski definition) is 3. The number of hydrogen-bond donors (Lipinski definition) is 1. The minimum atomic E-state index is -0.0118. The van der Waals surface area contributed by atoms with Gasteiger partial charge in [-0.2, -0.15) is 0 Å². The zero-order chi connectivity index (χ0) is 14.0. The zero-order valence-corrected chi connectivity index (χ0v) is 11.9. The largest absolute Gasteiger partial charge is 0.377 e. The van der Waals surface area contributed by atoms with Crippen molar-refractivity contribution in [2.75, 3.05) is 26.3 Å². The molecule has 1 unspecified atom stereocenters. The van der Waals surface area contributed by atoms with Crippen LogP contribution in [0.2, 0.25) is 0 Å². The SMILES string of the molecule is Cc1cc(C)c(C(=O)N2CCOCC2CN)cc1C. The van der Waals surface area contributed by atoms with Crippen LogP contribution in [0.1, 0.15) is 27.0 Å². The van der Waals surface area contributed by atoms with Crippen LogP contribution in [0.15, 0.2) is 12.1 Å². The highest BCUT2D eigenvalue weighted by atomic mass is 16.5. The van der Waals surface area contributed by atoms with Crippen LogP contribution in [0.4, 0.5) is 0 Å². The summed E-state index contributed by atoms with van der Waals surface area (Å²) in [5.74, 6) is 0.0688. The first-order chi connectivity index (χ1) is 9.04. The maximum atomic E-state index is 12.7. The Balaban J connectivity index is 2.30. The van der Waals surface area contributed by atoms with Gasteiger partial charge in [-0.25, -0.2) is 0 Å². The number of rotatable bonds is 2. The van der Waals surface area contributed by atoms with Crippen molar-refractivity contribution in [3.05, 3.63) is 34.4 Å². The molecule has 1 saturated heterocycles. The topological polar surface area (TPSA) is 55.6 Å². The molecular weight excluding hydrogens is 240 g/mol. The molecule has 0 spiro atoms. The Morgan fingerprint density at radius 1 is 1.32 bits per heavy atom. The first-order valence-electron chi connectivity index (χ1n) is 6.71. The van der Waals surface area contributed by atoms with Gasteiger partial charge in [-0.05, 0) is 43.5 Å². The zero-order valence-electron chi connectivity index (χ0n) is 11.9. The van der Waals surface area contributed by atoms with Crippen molar-refractivity contribution in [2.45, 2.75) is 26.8 Å². The molecule has 104 valence electrons. The number of carbonyl (C=O) groups excluding carboxylic acids is 1. The molecule has 1 atom stereocenters. The average Bonchev–Trinajstić information content (AvgIpc) is 2.42. The number of ether oxygens (including phenoxy) is 1. The molecule has 4 heteroatoms. The van der Waals surface area contributed by atoms with E-state index in [0.717, 1.165) is 16.7 Å². The summed E-state index contributed by atoms with van der Waals surface area (Å²) < 4.78 is 5.39. The van der Waals surface area contributed by atoms with E-state index in [2.05, 4.69) is 13.0 Å². The van der Waals surface area contributed by atoms with E-state index in [9.17, 15) is 4.79 Å². The molecule has 1 fully saturated rings. The second kappa shape index (κ2) is 5.72. The van der Waals surface area contributed by atoms with Gasteiger partial charge in [0.1, 0.15) is 0 Å². The lowest BCUT2D eigenvalue weighted by atomic mass is 9.99. The van der Waals surface area contributed by atoms with Crippen molar-refractivity contribution in [1.82, 2.24) is 4.90 Å². The minimum absolute atomic E-state index is 0.0118. The molecule has 19 heavy (non-hydrogen) atoms. The maximum absolute atomic E-state index is 12.7. The first kappa shape index (κ1) is 14.0. The number of aryl methyl sites for hydroxylation is 3. The number of morpholine rings is 1. The predicted octanol–water partition coefficient (Wildman–Crippen LogP) is 1.41. The summed E-state index contributed by atoms with van der Waals surface area (Å²) in [7, 11) is 0. The molecule has 1 aliphatic heterocycles. The molecule has 1 aromatic rings. The highest BCUT2D eigenvalue weighted by molar-refractivity contribution is 5.96. The van der Waals surface area contributed by atoms with Crippen molar-refractivity contribution in [3.8, 4) is 0 Å². The van der Waals surface area contributed by atoms with Gasteiger partial charge in [-0.3, -0.25) is 4.79 Å². The van der Waals surface area contributed by atoms with Gasteiger partial charge >= 0.3 is 0 Å². The Morgan fingerprint density at radius 3 is 2.68 bits per heavy atom. The van der Waals surface area contributed by atoms with Crippen molar-refractivity contribution >= 4 is 5.91 Å². The fourth-order valence-electron chi connectivity index (χ4n) is 2.46. The lowest BCUT2D eigenvalue weighted by molar-refractivity contribution is 0.000794. The van der Waals surface area contributed by atoms with Gasteiger partial charge in [0, 0.05) is 18.7 Å². The summed E-state index contributed by atoms with van der Waals surface area (Å²) in [5, 5.41) is 0. The van der Waals surface area contributed by atoms with Crippen LogP contribution in [0.25, 0.3) is 0 Å². The summed E-state index contributed by atoms with van der Waals surface area (Å²) in [5.41, 5.74) is 9.89. The third kappa shape index (κ3) is 2.80. The van der Waals surface area contributed by atoms with E-state index in [1.807, 2.05) is 24.8 Å². The average molecular weight is 262 g/mol. The molecule has 0 bridgehead atoms. The molecule has 0 radical (unpaired) electrons. The monoisotopic (exact) mass is 262 g/mol. The number of nitrogens with two attached hydrogens (primary N) is 1. The summed E-state index contributed by atoms with van der Waals surface area (Å²) in [6, 6.07) is 4.04. The van der Waals surface area contributed by atoms with Crippen LogP contribution < -0.4 is 5.73 Å². The fraction of sp³-hybridized carbons (Fsp3) is 0.533. The van der Waals surface area contributed by atoms with Crippen LogP contribution in [0, 0.1) is 20.8 Å². The Kier molecular flexibility index (Phi) is 4.22. The molecule has 0 aromatic heterocycles. The van der Waals surface area contributed by atoms with Crippen LogP contribution in [0.3, 0.4) is 0 Å². The smallest absolute Gasteiger partial charge is 0.254 e. The summed E-state index contributed by atoms with van der Waals surface area (Å²) in [4.78, 5) is 14.5. The van der Waals surface area contributed by atoms with Gasteiger partial charge in [0.25, 0.3) is 5.91 Å². The molecule has 1 aromatic carbocycles. The summed E-state index contributed by atoms with van der Waals surface area (Å²) in [6.07, 6.45) is 0. The fourth-order valence-corrected chi connectivity index (χ4v) is 2.46. The standard InChI is InChI=1S/C15H22N2O2/c1-10-6-12(3)14(7-11(10)2)15(18)17-4-5-19-9-13(17)8-16/h6-7,13H,4-5,8-9,16H2,1-3H3. The third-order valence-electron chi connectivity index (χ3n) is 3.83. The van der Waals surface area contributed by atoms with E-state index in [4.69, 9.17) is 10.5 Å². The maximum Gasteiger partial charge on any atom is 0.254 e. The summed E-state index contributed by atoms with van der Waals surface area (Å²) >= 11 is 0. The van der Waals surface area contributed by atoms with E-state index in [-0.39, 0.29) is 11.9 Å². The molecule has 1 heterocycles. The number of amides is 1. The van der Waals surface area contributed by atoms with Gasteiger partial charge in [0.15, 0.2) is 0 Å². The molecule has 2 rings (SSSR count). The van der Waals surface area contributed by atoms with Crippen molar-refractivity contribution in [1.29, 1.82) is 0 Å². The Bertz CT molecular complexity index is 485. The summed E-state index contributed by atoms with van der Waals surface area (Å²) in [6.45, 7) is 8.26. The molecule has 0 saturated carbocycles. The Labute approximate surface area is 114 Å². The lowest BCUT2D eigenvalue weighted by Crippen LogP contribution is -2.52. The Hall–Kier alpha value is -1.39. The second-order valence-corrected chi connectivity index (χ2v) is 5.21. The van der Waals surface area contributed by atoms with Gasteiger partial charge < -0.3 is 15.4 Å². The van der Waals surface area contributed by atoms with E-state index in [0.29, 0.717) is 26.3 Å². The normalized spacial score (nSPS) is 19.6. The quantitative estimate of drug-likeness (QED) is 0.877. The van der Waals surface area contributed by atoms with Crippen molar-refractivity contribution < 1.29 is 9.53 Å². The molecular formula is C15H22N2O2. The van der Waals surface area contributed by atoms with E-state index in [1.54, 1.807) is 0 Å². The van der Waals surface area contributed by atoms with Gasteiger partial charge in [0.05, 0.1) is 19.3 Å². The van der Waals surface area contributed by atoms with Crippen LogP contribution in [-0.2, 0) is 4.74 Å². The van der Waals surface area contributed by atoms with Gasteiger partial charge in [-0.1, -0.05) is 6.07 Å². The minimum Gasteiger partial charge on any atom is -0.377 e. The highest BCUT2D eigenvalue weighted by Crippen LogP contribution is 2.19. The highest BCUT2D eigenvalue weighted by Gasteiger charge is 2.27. The molecule has 1 amide bonds. The van der Waals surface area contributed by atoms with Gasteiger partial charge in [0.2, 0.25) is 0 Å². The van der Waals surface area contributed by atoms with Crippen molar-refractivity contribution in [2.24, 2.45) is 5.73 Å².